The number of rotatable bonds is 8. The fourth-order valence-corrected chi connectivity index (χ4v) is 3.16. The van der Waals surface area contributed by atoms with E-state index in [9.17, 15) is 4.79 Å². The Bertz CT molecular complexity index is 838. The molecule has 1 amide bonds. The van der Waals surface area contributed by atoms with Gasteiger partial charge in [-0.2, -0.15) is 0 Å². The van der Waals surface area contributed by atoms with Crippen molar-refractivity contribution in [3.05, 3.63) is 65.3 Å². The van der Waals surface area contributed by atoms with Crippen LogP contribution in [0.25, 0.3) is 11.3 Å². The van der Waals surface area contributed by atoms with Crippen molar-refractivity contribution in [2.45, 2.75) is 5.16 Å². The molecule has 134 valence electrons. The van der Waals surface area contributed by atoms with Gasteiger partial charge in [-0.1, -0.05) is 58.0 Å². The SMILES string of the molecule is O=C(CSc1ncc(-c2ccc(Br)cc2)[nH]1)NCCOc1ccccc1. The number of aromatic nitrogens is 2. The standard InChI is InChI=1S/C19H18BrN3O2S/c20-15-8-6-14(7-9-15)17-12-22-19(23-17)26-13-18(24)21-10-11-25-16-4-2-1-3-5-16/h1-9,12H,10-11,13H2,(H,21,24)(H,22,23). The zero-order valence-electron chi connectivity index (χ0n) is 13.9. The van der Waals surface area contributed by atoms with Crippen molar-refractivity contribution < 1.29 is 9.53 Å². The predicted molar refractivity (Wildman–Crippen MR) is 107 cm³/mol. The van der Waals surface area contributed by atoms with Crippen LogP contribution in [-0.2, 0) is 4.79 Å². The molecule has 26 heavy (non-hydrogen) atoms. The molecular formula is C19H18BrN3O2S. The van der Waals surface area contributed by atoms with Crippen LogP contribution in [0.3, 0.4) is 0 Å². The van der Waals surface area contributed by atoms with Gasteiger partial charge in [0.05, 0.1) is 24.2 Å². The van der Waals surface area contributed by atoms with E-state index in [2.05, 4.69) is 31.2 Å². The van der Waals surface area contributed by atoms with Crippen LogP contribution in [0.4, 0.5) is 0 Å². The van der Waals surface area contributed by atoms with Crippen LogP contribution in [0, 0.1) is 0 Å². The average molecular weight is 432 g/mol. The Labute approximate surface area is 164 Å². The van der Waals surface area contributed by atoms with Crippen molar-refractivity contribution in [3.8, 4) is 17.0 Å². The van der Waals surface area contributed by atoms with E-state index in [-0.39, 0.29) is 5.91 Å². The summed E-state index contributed by atoms with van der Waals surface area (Å²) in [6, 6.07) is 17.5. The van der Waals surface area contributed by atoms with Crippen molar-refractivity contribution in [2.75, 3.05) is 18.9 Å². The maximum Gasteiger partial charge on any atom is 0.230 e. The number of thioether (sulfide) groups is 1. The van der Waals surface area contributed by atoms with Crippen molar-refractivity contribution in [1.82, 2.24) is 15.3 Å². The van der Waals surface area contributed by atoms with Gasteiger partial charge in [0.25, 0.3) is 0 Å². The van der Waals surface area contributed by atoms with Gasteiger partial charge < -0.3 is 15.0 Å². The number of nitrogens with one attached hydrogen (secondary N) is 2. The summed E-state index contributed by atoms with van der Waals surface area (Å²) in [5.74, 6) is 1.05. The number of H-pyrrole nitrogens is 1. The van der Waals surface area contributed by atoms with Gasteiger partial charge >= 0.3 is 0 Å². The van der Waals surface area contributed by atoms with Crippen molar-refractivity contribution >= 4 is 33.6 Å². The first-order valence-corrected chi connectivity index (χ1v) is 9.87. The number of hydrogen-bond donors (Lipinski definition) is 2. The molecule has 0 unspecified atom stereocenters. The minimum Gasteiger partial charge on any atom is -0.492 e. The summed E-state index contributed by atoms with van der Waals surface area (Å²) in [5.41, 5.74) is 1.98. The molecule has 2 aromatic carbocycles. The topological polar surface area (TPSA) is 67.0 Å². The van der Waals surface area contributed by atoms with Crippen LogP contribution < -0.4 is 10.1 Å². The van der Waals surface area contributed by atoms with Gasteiger partial charge in [0.1, 0.15) is 12.4 Å². The number of amides is 1. The number of halogens is 1. The first kappa shape index (κ1) is 18.5. The number of imidazole rings is 1. The van der Waals surface area contributed by atoms with Crippen LogP contribution in [0.2, 0.25) is 0 Å². The molecule has 3 rings (SSSR count). The maximum absolute atomic E-state index is 11.9. The number of carbonyl (C=O) groups is 1. The molecule has 5 nitrogen and oxygen atoms in total. The quantitative estimate of drug-likeness (QED) is 0.415. The Kier molecular flexibility index (Phi) is 6.74. The molecule has 0 bridgehead atoms. The highest BCUT2D eigenvalue weighted by Gasteiger charge is 2.07. The molecule has 0 fully saturated rings. The van der Waals surface area contributed by atoms with Gasteiger partial charge in [0.15, 0.2) is 5.16 Å². The molecule has 0 radical (unpaired) electrons. The Morgan fingerprint density at radius 1 is 1.15 bits per heavy atom. The molecule has 0 saturated carbocycles. The molecule has 0 aliphatic heterocycles. The smallest absolute Gasteiger partial charge is 0.230 e. The molecular weight excluding hydrogens is 414 g/mol. The first-order valence-electron chi connectivity index (χ1n) is 8.09. The van der Waals surface area contributed by atoms with Crippen LogP contribution in [-0.4, -0.2) is 34.8 Å². The number of carbonyl (C=O) groups excluding carboxylic acids is 1. The number of hydrogen-bond acceptors (Lipinski definition) is 4. The van der Waals surface area contributed by atoms with Crippen molar-refractivity contribution in [1.29, 1.82) is 0 Å². The summed E-state index contributed by atoms with van der Waals surface area (Å²) in [6.07, 6.45) is 1.77. The van der Waals surface area contributed by atoms with E-state index in [1.54, 1.807) is 6.20 Å². The van der Waals surface area contributed by atoms with Gasteiger partial charge in [0, 0.05) is 4.47 Å². The lowest BCUT2D eigenvalue weighted by Crippen LogP contribution is -2.29. The van der Waals surface area contributed by atoms with E-state index < -0.39 is 0 Å². The summed E-state index contributed by atoms with van der Waals surface area (Å²) in [7, 11) is 0. The number of ether oxygens (including phenoxy) is 1. The summed E-state index contributed by atoms with van der Waals surface area (Å²) in [4.78, 5) is 19.4. The Morgan fingerprint density at radius 3 is 2.69 bits per heavy atom. The minimum atomic E-state index is -0.0479. The second-order valence-corrected chi connectivity index (χ2v) is 7.29. The zero-order chi connectivity index (χ0) is 18.2. The lowest BCUT2D eigenvalue weighted by atomic mass is 10.2. The zero-order valence-corrected chi connectivity index (χ0v) is 16.3. The van der Waals surface area contributed by atoms with E-state index >= 15 is 0 Å². The molecule has 0 spiro atoms. The molecule has 1 heterocycles. The molecule has 1 aromatic heterocycles. The molecule has 2 N–H and O–H groups in total. The van der Waals surface area contributed by atoms with E-state index in [1.807, 2.05) is 54.6 Å². The molecule has 0 saturated heterocycles. The molecule has 0 aliphatic rings. The fourth-order valence-electron chi connectivity index (χ4n) is 2.21. The van der Waals surface area contributed by atoms with E-state index in [0.29, 0.717) is 18.9 Å². The van der Waals surface area contributed by atoms with Crippen LogP contribution in [0.15, 0.2) is 70.4 Å². The average Bonchev–Trinajstić information content (AvgIpc) is 3.14. The van der Waals surface area contributed by atoms with Crippen LogP contribution >= 0.6 is 27.7 Å². The Hall–Kier alpha value is -2.25. The highest BCUT2D eigenvalue weighted by atomic mass is 79.9. The van der Waals surface area contributed by atoms with Crippen LogP contribution in [0.1, 0.15) is 0 Å². The summed E-state index contributed by atoms with van der Waals surface area (Å²) in [5, 5.41) is 3.56. The van der Waals surface area contributed by atoms with Gasteiger partial charge in [-0.25, -0.2) is 4.98 Å². The second-order valence-electron chi connectivity index (χ2n) is 5.41. The highest BCUT2D eigenvalue weighted by molar-refractivity contribution is 9.10. The Morgan fingerprint density at radius 2 is 1.92 bits per heavy atom. The lowest BCUT2D eigenvalue weighted by Gasteiger charge is -2.07. The summed E-state index contributed by atoms with van der Waals surface area (Å²) in [6.45, 7) is 0.908. The van der Waals surface area contributed by atoms with Gasteiger partial charge in [0.2, 0.25) is 5.91 Å². The van der Waals surface area contributed by atoms with Crippen molar-refractivity contribution in [2.24, 2.45) is 0 Å². The third-order valence-electron chi connectivity index (χ3n) is 3.48. The molecule has 3 aromatic rings. The van der Waals surface area contributed by atoms with E-state index in [4.69, 9.17) is 4.74 Å². The van der Waals surface area contributed by atoms with Crippen molar-refractivity contribution in [3.63, 3.8) is 0 Å². The largest absolute Gasteiger partial charge is 0.492 e. The summed E-state index contributed by atoms with van der Waals surface area (Å²) >= 11 is 4.79. The number of nitrogens with zero attached hydrogens (tertiary/aromatic N) is 1. The fraction of sp³-hybridized carbons (Fsp3) is 0.158. The van der Waals surface area contributed by atoms with E-state index in [1.165, 1.54) is 11.8 Å². The third kappa shape index (κ3) is 5.64. The minimum absolute atomic E-state index is 0.0479. The first-order chi connectivity index (χ1) is 12.7. The molecule has 0 aliphatic carbocycles. The third-order valence-corrected chi connectivity index (χ3v) is 4.90. The Balaban J connectivity index is 1.38. The number of aromatic amines is 1. The lowest BCUT2D eigenvalue weighted by molar-refractivity contribution is -0.118. The highest BCUT2D eigenvalue weighted by Crippen LogP contribution is 2.23. The monoisotopic (exact) mass is 431 g/mol. The van der Waals surface area contributed by atoms with E-state index in [0.717, 1.165) is 26.6 Å². The molecule has 7 heteroatoms. The normalized spacial score (nSPS) is 10.5. The van der Waals surface area contributed by atoms with Gasteiger partial charge in [-0.3, -0.25) is 4.79 Å². The maximum atomic E-state index is 11.9. The summed E-state index contributed by atoms with van der Waals surface area (Å²) < 4.78 is 6.57. The van der Waals surface area contributed by atoms with Gasteiger partial charge in [-0.15, -0.1) is 0 Å². The van der Waals surface area contributed by atoms with Gasteiger partial charge in [-0.05, 0) is 29.8 Å². The van der Waals surface area contributed by atoms with Crippen LogP contribution in [0.5, 0.6) is 5.75 Å². The number of benzene rings is 2. The molecule has 0 atom stereocenters. The predicted octanol–water partition coefficient (Wildman–Crippen LogP) is 4.13. The number of para-hydroxylation sites is 1. The second kappa shape index (κ2) is 9.45.